The monoisotopic (exact) mass is 246 g/mol. The Bertz CT molecular complexity index is 615. The van der Waals surface area contributed by atoms with Gasteiger partial charge in [0.05, 0.1) is 12.8 Å². The van der Waals surface area contributed by atoms with Crippen molar-refractivity contribution in [3.05, 3.63) is 41.5 Å². The van der Waals surface area contributed by atoms with Crippen LogP contribution in [0.4, 0.5) is 4.39 Å². The summed E-state index contributed by atoms with van der Waals surface area (Å²) in [4.78, 5) is 0. The molecule has 0 amide bonds. The van der Waals surface area contributed by atoms with Crippen LogP contribution in [0.3, 0.4) is 0 Å². The Morgan fingerprint density at radius 1 is 1.50 bits per heavy atom. The maximum atomic E-state index is 14.0. The zero-order chi connectivity index (χ0) is 13.1. The van der Waals surface area contributed by atoms with Gasteiger partial charge in [0, 0.05) is 18.3 Å². The summed E-state index contributed by atoms with van der Waals surface area (Å²) in [5.41, 5.74) is 6.60. The topological polar surface area (TPSA) is 76.9 Å². The molecule has 1 aromatic carbocycles. The summed E-state index contributed by atoms with van der Waals surface area (Å²) in [6.07, 6.45) is 1.58. The quantitative estimate of drug-likeness (QED) is 0.886. The van der Waals surface area contributed by atoms with E-state index in [-0.39, 0.29) is 18.0 Å². The molecule has 2 N–H and O–H groups in total. The van der Waals surface area contributed by atoms with Gasteiger partial charge < -0.3 is 10.5 Å². The van der Waals surface area contributed by atoms with E-state index < -0.39 is 5.82 Å². The number of methoxy groups -OCH3 is 1. The van der Waals surface area contributed by atoms with E-state index in [1.807, 2.05) is 6.07 Å². The van der Waals surface area contributed by atoms with Crippen LogP contribution in [0.25, 0.3) is 5.69 Å². The highest BCUT2D eigenvalue weighted by Crippen LogP contribution is 2.25. The van der Waals surface area contributed by atoms with Gasteiger partial charge in [-0.05, 0) is 18.2 Å². The fourth-order valence-electron chi connectivity index (χ4n) is 1.67. The fraction of sp³-hybridized carbons (Fsp3) is 0.167. The number of halogens is 1. The van der Waals surface area contributed by atoms with E-state index in [1.165, 1.54) is 17.9 Å². The minimum Gasteiger partial charge on any atom is -0.494 e. The molecule has 0 radical (unpaired) electrons. The highest BCUT2D eigenvalue weighted by molar-refractivity contribution is 5.47. The first kappa shape index (κ1) is 12.1. The number of benzene rings is 1. The van der Waals surface area contributed by atoms with Gasteiger partial charge in [0.1, 0.15) is 6.07 Å². The second kappa shape index (κ2) is 4.85. The summed E-state index contributed by atoms with van der Waals surface area (Å²) in [7, 11) is 1.39. The predicted octanol–water partition coefficient (Wildman–Crippen LogP) is 1.35. The second-order valence-electron chi connectivity index (χ2n) is 3.54. The summed E-state index contributed by atoms with van der Waals surface area (Å²) in [6, 6.07) is 6.60. The molecular weight excluding hydrogens is 235 g/mol. The maximum absolute atomic E-state index is 14.0. The molecule has 0 aliphatic carbocycles. The lowest BCUT2D eigenvalue weighted by atomic mass is 10.1. The largest absolute Gasteiger partial charge is 0.494 e. The Morgan fingerprint density at radius 3 is 2.83 bits per heavy atom. The molecule has 18 heavy (non-hydrogen) atoms. The van der Waals surface area contributed by atoms with Crippen LogP contribution in [0.2, 0.25) is 0 Å². The number of rotatable bonds is 3. The Hall–Kier alpha value is -2.39. The lowest BCUT2D eigenvalue weighted by molar-refractivity contribution is 0.384. The third kappa shape index (κ3) is 1.92. The van der Waals surface area contributed by atoms with Gasteiger partial charge in [-0.1, -0.05) is 0 Å². The van der Waals surface area contributed by atoms with Gasteiger partial charge in [-0.3, -0.25) is 0 Å². The van der Waals surface area contributed by atoms with E-state index in [9.17, 15) is 4.39 Å². The van der Waals surface area contributed by atoms with Gasteiger partial charge in [0.15, 0.2) is 17.3 Å². The molecule has 0 aliphatic rings. The summed E-state index contributed by atoms with van der Waals surface area (Å²) in [5.74, 6) is -0.377. The lowest BCUT2D eigenvalue weighted by Crippen LogP contribution is -2.09. The number of aromatic nitrogens is 2. The molecule has 6 heteroatoms. The summed E-state index contributed by atoms with van der Waals surface area (Å²) < 4.78 is 20.3. The second-order valence-corrected chi connectivity index (χ2v) is 3.54. The zero-order valence-electron chi connectivity index (χ0n) is 9.72. The van der Waals surface area contributed by atoms with E-state index in [4.69, 9.17) is 15.7 Å². The van der Waals surface area contributed by atoms with Gasteiger partial charge in [-0.2, -0.15) is 10.4 Å². The molecule has 0 aliphatic heterocycles. The number of hydrogen-bond donors (Lipinski definition) is 1. The molecule has 92 valence electrons. The SMILES string of the molecule is COc1ccc(-n2ccc(C#N)n2)c(CN)c1F. The summed E-state index contributed by atoms with van der Waals surface area (Å²) in [6.45, 7) is 0.0140. The van der Waals surface area contributed by atoms with E-state index in [2.05, 4.69) is 5.10 Å². The molecule has 0 unspecified atom stereocenters. The van der Waals surface area contributed by atoms with E-state index >= 15 is 0 Å². The van der Waals surface area contributed by atoms with Gasteiger partial charge in [-0.15, -0.1) is 0 Å². The van der Waals surface area contributed by atoms with Crippen molar-refractivity contribution in [3.63, 3.8) is 0 Å². The fourth-order valence-corrected chi connectivity index (χ4v) is 1.67. The predicted molar refractivity (Wildman–Crippen MR) is 62.7 cm³/mol. The van der Waals surface area contributed by atoms with Crippen molar-refractivity contribution in [2.24, 2.45) is 5.73 Å². The number of nitriles is 1. The zero-order valence-corrected chi connectivity index (χ0v) is 9.72. The average molecular weight is 246 g/mol. The molecule has 0 atom stereocenters. The molecule has 1 aromatic heterocycles. The van der Waals surface area contributed by atoms with Gasteiger partial charge in [0.25, 0.3) is 0 Å². The van der Waals surface area contributed by atoms with Crippen LogP contribution < -0.4 is 10.5 Å². The molecule has 2 rings (SSSR count). The highest BCUT2D eigenvalue weighted by atomic mass is 19.1. The lowest BCUT2D eigenvalue weighted by Gasteiger charge is -2.11. The molecule has 0 spiro atoms. The van der Waals surface area contributed by atoms with Crippen molar-refractivity contribution in [3.8, 4) is 17.5 Å². The van der Waals surface area contributed by atoms with Crippen LogP contribution in [0.15, 0.2) is 24.4 Å². The normalized spacial score (nSPS) is 10.1. The van der Waals surface area contributed by atoms with Crippen LogP contribution in [0.1, 0.15) is 11.3 Å². The number of nitrogens with zero attached hydrogens (tertiary/aromatic N) is 3. The maximum Gasteiger partial charge on any atom is 0.171 e. The van der Waals surface area contributed by atoms with Crippen molar-refractivity contribution in [2.75, 3.05) is 7.11 Å². The molecule has 1 heterocycles. The van der Waals surface area contributed by atoms with Crippen LogP contribution in [-0.4, -0.2) is 16.9 Å². The molecular formula is C12H11FN4O. The first-order chi connectivity index (χ1) is 8.71. The van der Waals surface area contributed by atoms with Crippen molar-refractivity contribution in [1.82, 2.24) is 9.78 Å². The van der Waals surface area contributed by atoms with Crippen LogP contribution in [0.5, 0.6) is 5.75 Å². The highest BCUT2D eigenvalue weighted by Gasteiger charge is 2.14. The van der Waals surface area contributed by atoms with Crippen molar-refractivity contribution in [2.45, 2.75) is 6.54 Å². The molecule has 0 bridgehead atoms. The first-order valence-electron chi connectivity index (χ1n) is 5.22. The van der Waals surface area contributed by atoms with E-state index in [1.54, 1.807) is 18.3 Å². The summed E-state index contributed by atoms with van der Waals surface area (Å²) in [5, 5.41) is 12.7. The van der Waals surface area contributed by atoms with Crippen molar-refractivity contribution < 1.29 is 9.13 Å². The number of ether oxygens (including phenoxy) is 1. The Morgan fingerprint density at radius 2 is 2.28 bits per heavy atom. The van der Waals surface area contributed by atoms with Gasteiger partial charge in [-0.25, -0.2) is 9.07 Å². The van der Waals surface area contributed by atoms with Crippen LogP contribution >= 0.6 is 0 Å². The molecule has 0 saturated heterocycles. The van der Waals surface area contributed by atoms with E-state index in [0.29, 0.717) is 11.3 Å². The van der Waals surface area contributed by atoms with Gasteiger partial charge >= 0.3 is 0 Å². The third-order valence-corrected chi connectivity index (χ3v) is 2.56. The molecule has 0 saturated carbocycles. The summed E-state index contributed by atoms with van der Waals surface area (Å²) >= 11 is 0. The average Bonchev–Trinajstić information content (AvgIpc) is 2.87. The minimum atomic E-state index is -0.508. The number of hydrogen-bond acceptors (Lipinski definition) is 4. The molecule has 0 fully saturated rings. The third-order valence-electron chi connectivity index (χ3n) is 2.56. The van der Waals surface area contributed by atoms with Crippen LogP contribution in [0, 0.1) is 17.1 Å². The molecule has 5 nitrogen and oxygen atoms in total. The minimum absolute atomic E-state index is 0.0140. The van der Waals surface area contributed by atoms with E-state index in [0.717, 1.165) is 0 Å². The molecule has 2 aromatic rings. The Kier molecular flexibility index (Phi) is 3.26. The smallest absolute Gasteiger partial charge is 0.171 e. The first-order valence-corrected chi connectivity index (χ1v) is 5.22. The Labute approximate surface area is 103 Å². The van der Waals surface area contributed by atoms with Crippen molar-refractivity contribution in [1.29, 1.82) is 5.26 Å². The van der Waals surface area contributed by atoms with Crippen LogP contribution in [-0.2, 0) is 6.54 Å². The standard InChI is InChI=1S/C12H11FN4O/c1-18-11-3-2-10(9(7-15)12(11)13)17-5-4-8(6-14)16-17/h2-5H,7,15H2,1H3. The van der Waals surface area contributed by atoms with Gasteiger partial charge in [0.2, 0.25) is 0 Å². The van der Waals surface area contributed by atoms with Crippen molar-refractivity contribution >= 4 is 0 Å². The number of nitrogens with two attached hydrogens (primary N) is 1. The Balaban J connectivity index is 2.58.